The predicted octanol–water partition coefficient (Wildman–Crippen LogP) is 15.7. The lowest BCUT2D eigenvalue weighted by Crippen LogP contribution is -2.16. The average Bonchev–Trinajstić information content (AvgIpc) is 4.02. The van der Waals surface area contributed by atoms with Gasteiger partial charge in [0.1, 0.15) is 0 Å². The molecule has 12 rings (SSSR count). The Morgan fingerprint density at radius 1 is 0.453 bits per heavy atom. The zero-order chi connectivity index (χ0) is 43.4. The molecule has 0 fully saturated rings. The van der Waals surface area contributed by atoms with E-state index in [2.05, 4.69) is 232 Å². The van der Waals surface area contributed by atoms with E-state index in [0.717, 1.165) is 39.6 Å². The Bertz CT molecular complexity index is 3460. The first kappa shape index (κ1) is 38.9. The molecule has 0 amide bonds. The minimum Gasteiger partial charge on any atom is -0.315 e. The molecule has 64 heavy (non-hydrogen) atoms. The van der Waals surface area contributed by atoms with Gasteiger partial charge in [0.15, 0.2) is 5.82 Å². The topological polar surface area (TPSA) is 38.9 Å². The summed E-state index contributed by atoms with van der Waals surface area (Å²) < 4.78 is 4.76. The molecule has 11 aromatic rings. The summed E-state index contributed by atoms with van der Waals surface area (Å²) in [6, 6.07) is 70.3. The summed E-state index contributed by atoms with van der Waals surface area (Å²) in [5.74, 6) is 0.713. The summed E-state index contributed by atoms with van der Waals surface area (Å²) >= 11 is 0. The van der Waals surface area contributed by atoms with Crippen LogP contribution in [0.4, 0.5) is 17.1 Å². The number of rotatable bonds is 7. The maximum Gasteiger partial charge on any atom is 0.159 e. The summed E-state index contributed by atoms with van der Waals surface area (Å²) in [5, 5.41) is 3.66. The fourth-order valence-electron chi connectivity index (χ4n) is 9.84. The predicted molar refractivity (Wildman–Crippen MR) is 268 cm³/mol. The first-order valence-electron chi connectivity index (χ1n) is 22.2. The standard InChI is InChI=1S/C57H41N5.C2H6/c1-57(2)51-17-10-9-16-47(51)48-30-28-46(37-52(48)57)61(45-26-20-40(21-27-45)56-58-33-11-34-59-56)44-24-18-38(19-25-44)41-23-31-53-50(36-41)49-29-22-39-32-35-60(42-12-5-3-6-13-42)54(39)55(49)62(53)43-14-7-4-8-15-43;1-2/h3-37H,1-2H3;1-2H3. The first-order valence-corrected chi connectivity index (χ1v) is 22.2. The molecule has 0 radical (unpaired) electrons. The lowest BCUT2D eigenvalue weighted by molar-refractivity contribution is 0.660. The number of nitrogens with zero attached hydrogens (tertiary/aromatic N) is 5. The van der Waals surface area contributed by atoms with Crippen molar-refractivity contribution in [1.82, 2.24) is 19.1 Å². The van der Waals surface area contributed by atoms with Crippen molar-refractivity contribution in [1.29, 1.82) is 0 Å². The molecule has 5 nitrogen and oxygen atoms in total. The van der Waals surface area contributed by atoms with E-state index in [1.807, 2.05) is 19.9 Å². The van der Waals surface area contributed by atoms with E-state index in [1.165, 1.54) is 60.5 Å². The van der Waals surface area contributed by atoms with Gasteiger partial charge in [0.2, 0.25) is 0 Å². The highest BCUT2D eigenvalue weighted by molar-refractivity contribution is 6.18. The van der Waals surface area contributed by atoms with Gasteiger partial charge in [0, 0.05) is 74.2 Å². The van der Waals surface area contributed by atoms with Crippen molar-refractivity contribution in [2.75, 3.05) is 4.90 Å². The van der Waals surface area contributed by atoms with E-state index in [1.54, 1.807) is 12.4 Å². The third-order valence-electron chi connectivity index (χ3n) is 12.9. The van der Waals surface area contributed by atoms with Gasteiger partial charge in [-0.05, 0) is 130 Å². The van der Waals surface area contributed by atoms with Gasteiger partial charge in [0.25, 0.3) is 0 Å². The second kappa shape index (κ2) is 15.7. The zero-order valence-corrected chi connectivity index (χ0v) is 36.4. The van der Waals surface area contributed by atoms with E-state index in [9.17, 15) is 0 Å². The summed E-state index contributed by atoms with van der Waals surface area (Å²) in [6.45, 7) is 8.68. The molecular weight excluding hydrogens is 779 g/mol. The molecule has 3 aromatic heterocycles. The van der Waals surface area contributed by atoms with Gasteiger partial charge in [-0.15, -0.1) is 0 Å². The number of para-hydroxylation sites is 2. The van der Waals surface area contributed by atoms with E-state index < -0.39 is 0 Å². The van der Waals surface area contributed by atoms with Crippen LogP contribution in [0.25, 0.3) is 77.7 Å². The normalized spacial score (nSPS) is 12.5. The lowest BCUT2D eigenvalue weighted by Gasteiger charge is -2.28. The lowest BCUT2D eigenvalue weighted by atomic mass is 9.82. The number of benzene rings is 8. The maximum atomic E-state index is 4.51. The van der Waals surface area contributed by atoms with Crippen LogP contribution in [0.5, 0.6) is 0 Å². The van der Waals surface area contributed by atoms with Crippen molar-refractivity contribution in [3.05, 3.63) is 224 Å². The van der Waals surface area contributed by atoms with Gasteiger partial charge in [-0.1, -0.05) is 125 Å². The second-order valence-corrected chi connectivity index (χ2v) is 16.7. The molecule has 0 N–H and O–H groups in total. The van der Waals surface area contributed by atoms with Crippen molar-refractivity contribution < 1.29 is 0 Å². The third-order valence-corrected chi connectivity index (χ3v) is 12.9. The van der Waals surface area contributed by atoms with Crippen LogP contribution in [-0.4, -0.2) is 19.1 Å². The van der Waals surface area contributed by atoms with Crippen molar-refractivity contribution in [2.45, 2.75) is 33.1 Å². The van der Waals surface area contributed by atoms with Crippen LogP contribution >= 0.6 is 0 Å². The Hall–Kier alpha value is -8.02. The Kier molecular flexibility index (Phi) is 9.54. The Morgan fingerprint density at radius 2 is 1.06 bits per heavy atom. The van der Waals surface area contributed by atoms with Crippen molar-refractivity contribution in [2.24, 2.45) is 0 Å². The summed E-state index contributed by atoms with van der Waals surface area (Å²) in [6.07, 6.45) is 5.77. The molecule has 5 heteroatoms. The number of hydrogen-bond donors (Lipinski definition) is 0. The molecule has 0 saturated heterocycles. The zero-order valence-electron chi connectivity index (χ0n) is 36.4. The third kappa shape index (κ3) is 6.31. The van der Waals surface area contributed by atoms with Crippen LogP contribution < -0.4 is 4.90 Å². The van der Waals surface area contributed by atoms with Crippen LogP contribution in [0.1, 0.15) is 38.8 Å². The van der Waals surface area contributed by atoms with Crippen LogP contribution in [0.15, 0.2) is 213 Å². The van der Waals surface area contributed by atoms with Gasteiger partial charge < -0.3 is 14.0 Å². The van der Waals surface area contributed by atoms with E-state index in [-0.39, 0.29) is 5.41 Å². The Balaban J connectivity index is 0.00000225. The van der Waals surface area contributed by atoms with Gasteiger partial charge in [-0.2, -0.15) is 0 Å². The van der Waals surface area contributed by atoms with Gasteiger partial charge in [-0.3, -0.25) is 0 Å². The van der Waals surface area contributed by atoms with Gasteiger partial charge in [-0.25, -0.2) is 9.97 Å². The second-order valence-electron chi connectivity index (χ2n) is 16.7. The van der Waals surface area contributed by atoms with Crippen LogP contribution in [-0.2, 0) is 5.41 Å². The van der Waals surface area contributed by atoms with Crippen LogP contribution in [0.3, 0.4) is 0 Å². The minimum atomic E-state index is -0.120. The number of fused-ring (bicyclic) bond motifs is 8. The highest BCUT2D eigenvalue weighted by atomic mass is 15.1. The van der Waals surface area contributed by atoms with E-state index in [4.69, 9.17) is 0 Å². The molecule has 0 saturated carbocycles. The molecule has 8 aromatic carbocycles. The fourth-order valence-corrected chi connectivity index (χ4v) is 9.84. The number of anilines is 3. The maximum absolute atomic E-state index is 4.51. The average molecular weight is 826 g/mol. The number of hydrogen-bond acceptors (Lipinski definition) is 3. The summed E-state index contributed by atoms with van der Waals surface area (Å²) in [7, 11) is 0. The molecule has 1 aliphatic rings. The van der Waals surface area contributed by atoms with Crippen LogP contribution in [0, 0.1) is 0 Å². The minimum absolute atomic E-state index is 0.120. The van der Waals surface area contributed by atoms with Crippen molar-refractivity contribution in [3.8, 4) is 45.0 Å². The van der Waals surface area contributed by atoms with Gasteiger partial charge in [0.05, 0.1) is 16.6 Å². The number of aromatic nitrogens is 4. The van der Waals surface area contributed by atoms with E-state index in [0.29, 0.717) is 5.82 Å². The quantitative estimate of drug-likeness (QED) is 0.161. The van der Waals surface area contributed by atoms with Crippen molar-refractivity contribution >= 4 is 49.8 Å². The fraction of sp³-hybridized carbons (Fsp3) is 0.0847. The molecule has 0 atom stereocenters. The van der Waals surface area contributed by atoms with Crippen molar-refractivity contribution in [3.63, 3.8) is 0 Å². The molecule has 0 aliphatic heterocycles. The molecule has 308 valence electrons. The first-order chi connectivity index (χ1) is 31.5. The van der Waals surface area contributed by atoms with Gasteiger partial charge >= 0.3 is 0 Å². The molecule has 0 bridgehead atoms. The largest absolute Gasteiger partial charge is 0.315 e. The highest BCUT2D eigenvalue weighted by Gasteiger charge is 2.35. The monoisotopic (exact) mass is 825 g/mol. The molecular formula is C59H47N5. The van der Waals surface area contributed by atoms with E-state index >= 15 is 0 Å². The highest BCUT2D eigenvalue weighted by Crippen LogP contribution is 2.51. The Morgan fingerprint density at radius 3 is 1.78 bits per heavy atom. The summed E-state index contributed by atoms with van der Waals surface area (Å²) in [5.41, 5.74) is 17.6. The Labute approximate surface area is 374 Å². The van der Waals surface area contributed by atoms with Crippen LogP contribution in [0.2, 0.25) is 0 Å². The SMILES string of the molecule is CC.CC1(C)c2ccccc2-c2ccc(N(c3ccc(-c4ccc5c(c4)c4ccc6ccn(-c7ccccc7)c6c4n5-c4ccccc4)cc3)c3ccc(-c4ncccn4)cc3)cc21. The molecule has 1 aliphatic carbocycles. The smallest absolute Gasteiger partial charge is 0.159 e. The molecule has 3 heterocycles. The summed E-state index contributed by atoms with van der Waals surface area (Å²) in [4.78, 5) is 11.4. The molecule has 0 spiro atoms. The molecule has 0 unspecified atom stereocenters.